The molecule has 0 heterocycles. The number of carboxylic acid groups (broad SMARTS) is 1. The summed E-state index contributed by atoms with van der Waals surface area (Å²) >= 11 is 0. The summed E-state index contributed by atoms with van der Waals surface area (Å²) in [6, 6.07) is 0. The minimum absolute atomic E-state index is 0.0694. The summed E-state index contributed by atoms with van der Waals surface area (Å²) in [6.45, 7) is 5.59. The molecule has 0 saturated heterocycles. The predicted octanol–water partition coefficient (Wildman–Crippen LogP) is 3.02. The fourth-order valence-corrected chi connectivity index (χ4v) is 3.17. The van der Waals surface area contributed by atoms with Gasteiger partial charge in [-0.1, -0.05) is 77.6 Å². The van der Waals surface area contributed by atoms with E-state index in [1.807, 2.05) is 0 Å². The van der Waals surface area contributed by atoms with Crippen molar-refractivity contribution in [2.24, 2.45) is 0 Å². The van der Waals surface area contributed by atoms with Gasteiger partial charge in [0, 0.05) is 26.2 Å². The van der Waals surface area contributed by atoms with Gasteiger partial charge in [0.25, 0.3) is 0 Å². The molecule has 0 unspecified atom stereocenters. The number of aliphatic hydroxyl groups excluding tert-OH is 3. The van der Waals surface area contributed by atoms with Crippen LogP contribution in [0.15, 0.2) is 0 Å². The third-order valence-electron chi connectivity index (χ3n) is 4.97. The Morgan fingerprint density at radius 2 is 1.07 bits per heavy atom. The van der Waals surface area contributed by atoms with Gasteiger partial charge in [-0.15, -0.1) is 0 Å². The van der Waals surface area contributed by atoms with Crippen LogP contribution in [0.5, 0.6) is 0 Å². The van der Waals surface area contributed by atoms with E-state index < -0.39 is 5.97 Å². The topological polar surface area (TPSA) is 113 Å². The highest BCUT2D eigenvalue weighted by atomic mass is 16.4. The number of nitrogens with zero attached hydrogens (tertiary/aromatic N) is 1. The van der Waals surface area contributed by atoms with E-state index in [2.05, 4.69) is 12.2 Å². The van der Waals surface area contributed by atoms with E-state index in [-0.39, 0.29) is 26.2 Å². The summed E-state index contributed by atoms with van der Waals surface area (Å²) < 4.78 is 0. The van der Waals surface area contributed by atoms with Crippen molar-refractivity contribution in [1.82, 2.24) is 10.2 Å². The van der Waals surface area contributed by atoms with E-state index in [1.54, 1.807) is 4.90 Å². The number of carboxylic acids is 1. The SMILES string of the molecule is CCCCCCCCCCCCCCNCCC(=O)O.OCCN(CCO)CCO. The molecule has 5 N–H and O–H groups in total. The molecule has 30 heavy (non-hydrogen) atoms. The van der Waals surface area contributed by atoms with E-state index in [4.69, 9.17) is 20.4 Å². The first-order valence-corrected chi connectivity index (χ1v) is 12.1. The second-order valence-electron chi connectivity index (χ2n) is 7.80. The van der Waals surface area contributed by atoms with Crippen LogP contribution >= 0.6 is 0 Å². The summed E-state index contributed by atoms with van der Waals surface area (Å²) in [5.41, 5.74) is 0. The van der Waals surface area contributed by atoms with Crippen LogP contribution in [0.25, 0.3) is 0 Å². The van der Waals surface area contributed by atoms with Gasteiger partial charge in [0.1, 0.15) is 0 Å². The van der Waals surface area contributed by atoms with Crippen LogP contribution in [0.4, 0.5) is 0 Å². The number of rotatable bonds is 22. The Morgan fingerprint density at radius 3 is 1.43 bits per heavy atom. The summed E-state index contributed by atoms with van der Waals surface area (Å²) in [4.78, 5) is 12.1. The van der Waals surface area contributed by atoms with E-state index >= 15 is 0 Å². The molecule has 0 aromatic heterocycles. The number of hydrogen-bond acceptors (Lipinski definition) is 6. The van der Waals surface area contributed by atoms with Crippen molar-refractivity contribution < 1.29 is 25.2 Å². The van der Waals surface area contributed by atoms with Crippen molar-refractivity contribution in [3.8, 4) is 0 Å². The van der Waals surface area contributed by atoms with Gasteiger partial charge in [0.15, 0.2) is 0 Å². The zero-order chi connectivity index (χ0) is 22.7. The quantitative estimate of drug-likeness (QED) is 0.166. The van der Waals surface area contributed by atoms with Gasteiger partial charge < -0.3 is 25.7 Å². The average molecular weight is 435 g/mol. The third-order valence-corrected chi connectivity index (χ3v) is 4.97. The summed E-state index contributed by atoms with van der Waals surface area (Å²) in [6.07, 6.45) is 16.6. The molecule has 0 spiro atoms. The van der Waals surface area contributed by atoms with E-state index in [0.717, 1.165) is 6.54 Å². The zero-order valence-corrected chi connectivity index (χ0v) is 19.5. The lowest BCUT2D eigenvalue weighted by molar-refractivity contribution is -0.136. The third kappa shape index (κ3) is 29.5. The highest BCUT2D eigenvalue weighted by Gasteiger charge is 2.00. The van der Waals surface area contributed by atoms with Gasteiger partial charge in [0.2, 0.25) is 0 Å². The molecular formula is C23H50N2O5. The Bertz CT molecular complexity index is 318. The van der Waals surface area contributed by atoms with Crippen LogP contribution in [0, 0.1) is 0 Å². The molecule has 0 bridgehead atoms. The van der Waals surface area contributed by atoms with Crippen LogP contribution in [0.3, 0.4) is 0 Å². The van der Waals surface area contributed by atoms with Crippen molar-refractivity contribution in [1.29, 1.82) is 0 Å². The van der Waals surface area contributed by atoms with Gasteiger partial charge in [-0.3, -0.25) is 9.69 Å². The Labute approximate surface area is 184 Å². The highest BCUT2D eigenvalue weighted by Crippen LogP contribution is 2.11. The molecule has 0 amide bonds. The molecule has 7 heteroatoms. The van der Waals surface area contributed by atoms with Gasteiger partial charge in [-0.25, -0.2) is 0 Å². The molecule has 0 fully saturated rings. The molecule has 0 saturated carbocycles. The van der Waals surface area contributed by atoms with Crippen molar-refractivity contribution in [3.05, 3.63) is 0 Å². The monoisotopic (exact) mass is 434 g/mol. The minimum atomic E-state index is -0.716. The van der Waals surface area contributed by atoms with Crippen molar-refractivity contribution in [2.45, 2.75) is 90.4 Å². The largest absolute Gasteiger partial charge is 0.481 e. The maximum atomic E-state index is 10.3. The first kappa shape index (κ1) is 31.5. The summed E-state index contributed by atoms with van der Waals surface area (Å²) in [5.74, 6) is -0.716. The minimum Gasteiger partial charge on any atom is -0.481 e. The molecule has 0 radical (unpaired) electrons. The maximum absolute atomic E-state index is 10.3. The number of carbonyl (C=O) groups is 1. The fourth-order valence-electron chi connectivity index (χ4n) is 3.17. The lowest BCUT2D eigenvalue weighted by Crippen LogP contribution is -2.32. The Morgan fingerprint density at radius 1 is 0.667 bits per heavy atom. The van der Waals surface area contributed by atoms with Crippen LogP contribution < -0.4 is 5.32 Å². The first-order valence-electron chi connectivity index (χ1n) is 12.1. The summed E-state index contributed by atoms with van der Waals surface area (Å²) in [5, 5.41) is 37.1. The Balaban J connectivity index is 0. The molecule has 0 aliphatic carbocycles. The van der Waals surface area contributed by atoms with Gasteiger partial charge >= 0.3 is 5.97 Å². The van der Waals surface area contributed by atoms with Crippen LogP contribution in [0.1, 0.15) is 90.4 Å². The van der Waals surface area contributed by atoms with E-state index in [0.29, 0.717) is 26.2 Å². The van der Waals surface area contributed by atoms with E-state index in [1.165, 1.54) is 77.0 Å². The smallest absolute Gasteiger partial charge is 0.304 e. The number of nitrogens with one attached hydrogen (secondary N) is 1. The zero-order valence-electron chi connectivity index (χ0n) is 19.5. The first-order chi connectivity index (χ1) is 14.6. The number of unbranched alkanes of at least 4 members (excludes halogenated alkanes) is 11. The van der Waals surface area contributed by atoms with Gasteiger partial charge in [-0.05, 0) is 13.0 Å². The number of aliphatic carboxylic acids is 1. The molecule has 182 valence electrons. The lowest BCUT2D eigenvalue weighted by atomic mass is 10.1. The number of hydrogen-bond donors (Lipinski definition) is 5. The lowest BCUT2D eigenvalue weighted by Gasteiger charge is -2.17. The average Bonchev–Trinajstić information content (AvgIpc) is 2.72. The number of aliphatic hydroxyl groups is 3. The van der Waals surface area contributed by atoms with Crippen molar-refractivity contribution in [2.75, 3.05) is 52.5 Å². The summed E-state index contributed by atoms with van der Waals surface area (Å²) in [7, 11) is 0. The molecule has 0 aliphatic heterocycles. The van der Waals surface area contributed by atoms with Gasteiger partial charge in [-0.2, -0.15) is 0 Å². The highest BCUT2D eigenvalue weighted by molar-refractivity contribution is 5.66. The molecule has 0 aliphatic rings. The van der Waals surface area contributed by atoms with Crippen molar-refractivity contribution >= 4 is 5.97 Å². The molecule has 0 rings (SSSR count). The molecule has 7 nitrogen and oxygen atoms in total. The Hall–Kier alpha value is -0.730. The maximum Gasteiger partial charge on any atom is 0.304 e. The molecule has 0 aromatic carbocycles. The van der Waals surface area contributed by atoms with Crippen LogP contribution in [0.2, 0.25) is 0 Å². The van der Waals surface area contributed by atoms with Gasteiger partial charge in [0.05, 0.1) is 26.2 Å². The molecule has 0 aromatic rings. The van der Waals surface area contributed by atoms with Crippen LogP contribution in [-0.4, -0.2) is 83.8 Å². The molecular weight excluding hydrogens is 384 g/mol. The predicted molar refractivity (Wildman–Crippen MR) is 124 cm³/mol. The molecule has 0 atom stereocenters. The van der Waals surface area contributed by atoms with Crippen LogP contribution in [-0.2, 0) is 4.79 Å². The van der Waals surface area contributed by atoms with E-state index in [9.17, 15) is 4.79 Å². The fraction of sp³-hybridized carbons (Fsp3) is 0.957. The van der Waals surface area contributed by atoms with Crippen molar-refractivity contribution in [3.63, 3.8) is 0 Å². The second kappa shape index (κ2) is 28.3. The standard InChI is InChI=1S/C17H35NO2.C6H15NO3/c1-2-3-4-5-6-7-8-9-10-11-12-13-15-18-16-14-17(19)20;8-4-1-7(2-5-9)3-6-10/h18H,2-16H2,1H3,(H,19,20);8-10H,1-6H2. The normalized spacial score (nSPS) is 10.8. The second-order valence-corrected chi connectivity index (χ2v) is 7.80. The Kier molecular flexibility index (Phi) is 29.6.